The van der Waals surface area contributed by atoms with Gasteiger partial charge < -0.3 is 24.4 Å². The van der Waals surface area contributed by atoms with E-state index in [1.54, 1.807) is 0 Å². The van der Waals surface area contributed by atoms with Crippen LogP contribution in [0, 0.1) is 5.92 Å². The molecule has 2 rings (SSSR count). The van der Waals surface area contributed by atoms with Crippen molar-refractivity contribution >= 4 is 6.03 Å². The normalized spacial score (nSPS) is 25.7. The SMILES string of the molecule is CC(C)COCC(C)NC(=O)N1CCC2(CC1)OCC(C)O2. The summed E-state index contributed by atoms with van der Waals surface area (Å²) >= 11 is 0. The lowest BCUT2D eigenvalue weighted by Crippen LogP contribution is -2.52. The first-order chi connectivity index (χ1) is 10.4. The van der Waals surface area contributed by atoms with Crippen molar-refractivity contribution in [2.24, 2.45) is 5.92 Å². The van der Waals surface area contributed by atoms with Crippen LogP contribution in [0.2, 0.25) is 0 Å². The maximum absolute atomic E-state index is 12.3. The minimum atomic E-state index is -0.456. The van der Waals surface area contributed by atoms with E-state index in [-0.39, 0.29) is 18.2 Å². The molecule has 0 radical (unpaired) electrons. The average molecular weight is 314 g/mol. The molecule has 0 saturated carbocycles. The molecule has 6 heteroatoms. The van der Waals surface area contributed by atoms with Crippen molar-refractivity contribution in [3.05, 3.63) is 0 Å². The summed E-state index contributed by atoms with van der Waals surface area (Å²) in [5.41, 5.74) is 0. The van der Waals surface area contributed by atoms with Crippen molar-refractivity contribution < 1.29 is 19.0 Å². The Morgan fingerprint density at radius 3 is 2.55 bits per heavy atom. The molecule has 0 aromatic rings. The summed E-state index contributed by atoms with van der Waals surface area (Å²) in [4.78, 5) is 14.1. The molecule has 2 heterocycles. The Labute approximate surface area is 133 Å². The van der Waals surface area contributed by atoms with E-state index in [9.17, 15) is 4.79 Å². The molecule has 0 aromatic heterocycles. The van der Waals surface area contributed by atoms with Crippen LogP contribution < -0.4 is 5.32 Å². The number of hydrogen-bond acceptors (Lipinski definition) is 4. The van der Waals surface area contributed by atoms with Gasteiger partial charge in [0.1, 0.15) is 0 Å². The molecule has 1 N–H and O–H groups in total. The molecule has 6 nitrogen and oxygen atoms in total. The maximum Gasteiger partial charge on any atom is 0.317 e. The largest absolute Gasteiger partial charge is 0.379 e. The second-order valence-electron chi connectivity index (χ2n) is 6.92. The van der Waals surface area contributed by atoms with Crippen molar-refractivity contribution in [1.82, 2.24) is 10.2 Å². The molecule has 0 aromatic carbocycles. The molecule has 2 atom stereocenters. The van der Waals surface area contributed by atoms with Crippen molar-refractivity contribution in [3.63, 3.8) is 0 Å². The van der Waals surface area contributed by atoms with Gasteiger partial charge in [-0.2, -0.15) is 0 Å². The quantitative estimate of drug-likeness (QED) is 0.843. The van der Waals surface area contributed by atoms with E-state index in [4.69, 9.17) is 14.2 Å². The van der Waals surface area contributed by atoms with Crippen molar-refractivity contribution in [3.8, 4) is 0 Å². The van der Waals surface area contributed by atoms with Crippen LogP contribution in [0.5, 0.6) is 0 Å². The topological polar surface area (TPSA) is 60.0 Å². The Morgan fingerprint density at radius 2 is 2.00 bits per heavy atom. The summed E-state index contributed by atoms with van der Waals surface area (Å²) < 4.78 is 17.2. The summed E-state index contributed by atoms with van der Waals surface area (Å²) in [6.07, 6.45) is 1.63. The van der Waals surface area contributed by atoms with Crippen LogP contribution in [0.1, 0.15) is 40.5 Å². The third-order valence-corrected chi connectivity index (χ3v) is 4.00. The van der Waals surface area contributed by atoms with E-state index >= 15 is 0 Å². The van der Waals surface area contributed by atoms with Crippen LogP contribution in [0.3, 0.4) is 0 Å². The number of carbonyl (C=O) groups is 1. The van der Waals surface area contributed by atoms with Gasteiger partial charge in [0.2, 0.25) is 0 Å². The fourth-order valence-electron chi connectivity index (χ4n) is 2.84. The van der Waals surface area contributed by atoms with Gasteiger partial charge in [-0.1, -0.05) is 13.8 Å². The second-order valence-corrected chi connectivity index (χ2v) is 6.92. The standard InChI is InChI=1S/C16H30N2O4/c1-12(2)9-20-10-13(3)17-15(19)18-7-5-16(6-8-18)21-11-14(4)22-16/h12-14H,5-11H2,1-4H3,(H,17,19). The van der Waals surface area contributed by atoms with Gasteiger partial charge >= 0.3 is 6.03 Å². The number of amides is 2. The van der Waals surface area contributed by atoms with Crippen molar-refractivity contribution in [2.45, 2.75) is 58.5 Å². The summed E-state index contributed by atoms with van der Waals surface area (Å²) in [6, 6.07) is -0.0114. The van der Waals surface area contributed by atoms with Crippen LogP contribution in [-0.2, 0) is 14.2 Å². The van der Waals surface area contributed by atoms with E-state index in [1.807, 2.05) is 18.7 Å². The predicted octanol–water partition coefficient (Wildman–Crippen LogP) is 1.98. The zero-order valence-corrected chi connectivity index (χ0v) is 14.3. The van der Waals surface area contributed by atoms with Crippen LogP contribution in [-0.4, -0.2) is 61.8 Å². The molecular weight excluding hydrogens is 284 g/mol. The van der Waals surface area contributed by atoms with E-state index in [1.165, 1.54) is 0 Å². The van der Waals surface area contributed by atoms with Gasteiger partial charge in [0.25, 0.3) is 0 Å². The third kappa shape index (κ3) is 4.83. The molecule has 0 bridgehead atoms. The summed E-state index contributed by atoms with van der Waals surface area (Å²) in [7, 11) is 0. The smallest absolute Gasteiger partial charge is 0.317 e. The fourth-order valence-corrected chi connectivity index (χ4v) is 2.84. The molecule has 2 aliphatic rings. The van der Waals surface area contributed by atoms with Gasteiger partial charge in [-0.15, -0.1) is 0 Å². The van der Waals surface area contributed by atoms with Crippen LogP contribution in [0.25, 0.3) is 0 Å². The van der Waals surface area contributed by atoms with Gasteiger partial charge in [0.15, 0.2) is 5.79 Å². The zero-order valence-electron chi connectivity index (χ0n) is 14.3. The lowest BCUT2D eigenvalue weighted by atomic mass is 10.0. The van der Waals surface area contributed by atoms with Crippen LogP contribution in [0.15, 0.2) is 0 Å². The molecule has 2 aliphatic heterocycles. The second kappa shape index (κ2) is 7.62. The Kier molecular flexibility index (Phi) is 6.06. The maximum atomic E-state index is 12.3. The number of likely N-dealkylation sites (tertiary alicyclic amines) is 1. The predicted molar refractivity (Wildman–Crippen MR) is 83.7 cm³/mol. The van der Waals surface area contributed by atoms with E-state index in [2.05, 4.69) is 19.2 Å². The molecule has 2 fully saturated rings. The molecule has 2 amide bonds. The lowest BCUT2D eigenvalue weighted by molar-refractivity contribution is -0.189. The number of urea groups is 1. The molecular formula is C16H30N2O4. The van der Waals surface area contributed by atoms with Crippen LogP contribution >= 0.6 is 0 Å². The van der Waals surface area contributed by atoms with E-state index in [0.717, 1.165) is 19.4 Å². The minimum Gasteiger partial charge on any atom is -0.379 e. The van der Waals surface area contributed by atoms with E-state index in [0.29, 0.717) is 32.2 Å². The highest BCUT2D eigenvalue weighted by Gasteiger charge is 2.43. The first-order valence-electron chi connectivity index (χ1n) is 8.35. The fraction of sp³-hybridized carbons (Fsp3) is 0.938. The molecule has 0 aliphatic carbocycles. The Balaban J connectivity index is 1.68. The molecule has 2 unspecified atom stereocenters. The number of rotatable bonds is 5. The molecule has 2 saturated heterocycles. The lowest BCUT2D eigenvalue weighted by Gasteiger charge is -2.38. The minimum absolute atomic E-state index is 0.0149. The number of nitrogens with one attached hydrogen (secondary N) is 1. The zero-order chi connectivity index (χ0) is 16.2. The highest BCUT2D eigenvalue weighted by Crippen LogP contribution is 2.33. The summed E-state index contributed by atoms with van der Waals surface area (Å²) in [5, 5.41) is 2.99. The Morgan fingerprint density at radius 1 is 1.32 bits per heavy atom. The third-order valence-electron chi connectivity index (χ3n) is 4.00. The van der Waals surface area contributed by atoms with Gasteiger partial charge in [-0.25, -0.2) is 4.79 Å². The van der Waals surface area contributed by atoms with Gasteiger partial charge in [-0.3, -0.25) is 0 Å². The number of carbonyl (C=O) groups excluding carboxylic acids is 1. The highest BCUT2D eigenvalue weighted by atomic mass is 16.7. The van der Waals surface area contributed by atoms with Gasteiger partial charge in [-0.05, 0) is 19.8 Å². The summed E-state index contributed by atoms with van der Waals surface area (Å²) in [6.45, 7) is 11.5. The number of piperidine rings is 1. The highest BCUT2D eigenvalue weighted by molar-refractivity contribution is 5.74. The Bertz CT molecular complexity index is 367. The first kappa shape index (κ1) is 17.5. The average Bonchev–Trinajstić information content (AvgIpc) is 2.80. The number of ether oxygens (including phenoxy) is 3. The first-order valence-corrected chi connectivity index (χ1v) is 8.35. The van der Waals surface area contributed by atoms with Crippen molar-refractivity contribution in [2.75, 3.05) is 32.9 Å². The van der Waals surface area contributed by atoms with Gasteiger partial charge in [0.05, 0.1) is 25.4 Å². The van der Waals surface area contributed by atoms with Gasteiger partial charge in [0, 0.05) is 32.5 Å². The monoisotopic (exact) mass is 314 g/mol. The number of hydrogen-bond donors (Lipinski definition) is 1. The molecule has 22 heavy (non-hydrogen) atoms. The van der Waals surface area contributed by atoms with Crippen molar-refractivity contribution in [1.29, 1.82) is 0 Å². The Hall–Kier alpha value is -0.850. The molecule has 1 spiro atoms. The molecule has 128 valence electrons. The van der Waals surface area contributed by atoms with Crippen LogP contribution in [0.4, 0.5) is 4.79 Å². The summed E-state index contributed by atoms with van der Waals surface area (Å²) in [5.74, 6) is 0.0531. The number of nitrogens with zero attached hydrogens (tertiary/aromatic N) is 1. The van der Waals surface area contributed by atoms with E-state index < -0.39 is 5.79 Å².